The largest absolute Gasteiger partial charge is 0.465 e. The molecule has 1 aliphatic rings. The molecule has 0 saturated heterocycles. The van der Waals surface area contributed by atoms with Gasteiger partial charge in [0.1, 0.15) is 0 Å². The lowest BCUT2D eigenvalue weighted by Gasteiger charge is -2.27. The molecule has 5 rings (SSSR count). The zero-order valence-electron chi connectivity index (χ0n) is 21.4. The Bertz CT molecular complexity index is 1580. The summed E-state index contributed by atoms with van der Waals surface area (Å²) in [6, 6.07) is 11.5. The van der Waals surface area contributed by atoms with Crippen LogP contribution in [0.3, 0.4) is 0 Å². The van der Waals surface area contributed by atoms with Crippen LogP contribution in [0.2, 0.25) is 0 Å². The van der Waals surface area contributed by atoms with E-state index in [9.17, 15) is 13.2 Å². The lowest BCUT2D eigenvalue weighted by molar-refractivity contribution is 0.185. The number of benzene rings is 2. The summed E-state index contributed by atoms with van der Waals surface area (Å²) in [6.07, 6.45) is 3.98. The minimum absolute atomic E-state index is 0.0277. The Morgan fingerprint density at radius 2 is 1.74 bits per heavy atom. The first kappa shape index (κ1) is 26.7. The first-order chi connectivity index (χ1) is 18.0. The molecule has 3 N–H and O–H groups in total. The number of hydrogen-bond acceptors (Lipinski definition) is 7. The Morgan fingerprint density at radius 3 is 2.45 bits per heavy atom. The first-order valence-electron chi connectivity index (χ1n) is 12.5. The molecule has 38 heavy (non-hydrogen) atoms. The van der Waals surface area contributed by atoms with Gasteiger partial charge in [0.05, 0.1) is 30.5 Å². The van der Waals surface area contributed by atoms with E-state index in [1.54, 1.807) is 29.1 Å². The highest BCUT2D eigenvalue weighted by Crippen LogP contribution is 2.40. The molecular formula is C27H30N4O4S3. The van der Waals surface area contributed by atoms with Crippen LogP contribution in [0.15, 0.2) is 53.0 Å². The second-order valence-corrected chi connectivity index (χ2v) is 14.3. The second kappa shape index (κ2) is 10.4. The van der Waals surface area contributed by atoms with E-state index in [-0.39, 0.29) is 16.9 Å². The van der Waals surface area contributed by atoms with Crippen molar-refractivity contribution in [1.82, 2.24) is 20.0 Å². The van der Waals surface area contributed by atoms with Crippen LogP contribution in [0.1, 0.15) is 57.4 Å². The van der Waals surface area contributed by atoms with Crippen LogP contribution in [-0.2, 0) is 10.0 Å². The first-order valence-corrected chi connectivity index (χ1v) is 15.6. The van der Waals surface area contributed by atoms with Gasteiger partial charge in [-0.2, -0.15) is 0 Å². The molecule has 200 valence electrons. The predicted octanol–water partition coefficient (Wildman–Crippen LogP) is 6.46. The zero-order chi connectivity index (χ0) is 27.1. The molecule has 0 unspecified atom stereocenters. The molecule has 0 radical (unpaired) electrons. The number of aromatic nitrogens is 2. The summed E-state index contributed by atoms with van der Waals surface area (Å²) in [6.45, 7) is 5.48. The van der Waals surface area contributed by atoms with Crippen molar-refractivity contribution in [2.75, 3.05) is 0 Å². The fourth-order valence-corrected chi connectivity index (χ4v) is 8.45. The molecule has 2 aromatic heterocycles. The number of carboxylic acid groups (broad SMARTS) is 1. The molecule has 11 heteroatoms. The fourth-order valence-electron chi connectivity index (χ4n) is 4.88. The third-order valence-corrected chi connectivity index (χ3v) is 10.4. The van der Waals surface area contributed by atoms with E-state index in [1.807, 2.05) is 51.1 Å². The van der Waals surface area contributed by atoms with Crippen LogP contribution < -0.4 is 10.0 Å². The summed E-state index contributed by atoms with van der Waals surface area (Å²) in [7, 11) is -3.84. The summed E-state index contributed by atoms with van der Waals surface area (Å²) < 4.78 is 31.1. The molecule has 1 saturated carbocycles. The van der Waals surface area contributed by atoms with Crippen molar-refractivity contribution in [3.63, 3.8) is 0 Å². The number of rotatable bonds is 6. The van der Waals surface area contributed by atoms with Crippen LogP contribution in [0, 0.1) is 0 Å². The molecule has 0 atom stereocenters. The minimum atomic E-state index is -3.84. The summed E-state index contributed by atoms with van der Waals surface area (Å²) >= 11 is 3.07. The van der Waals surface area contributed by atoms with E-state index in [0.717, 1.165) is 56.9 Å². The van der Waals surface area contributed by atoms with Crippen molar-refractivity contribution in [3.05, 3.63) is 53.1 Å². The highest BCUT2D eigenvalue weighted by atomic mass is 32.2. The molecular weight excluding hydrogens is 541 g/mol. The average molecular weight is 571 g/mol. The molecule has 0 bridgehead atoms. The van der Waals surface area contributed by atoms with E-state index in [0.29, 0.717) is 5.56 Å². The Morgan fingerprint density at radius 1 is 1.03 bits per heavy atom. The molecule has 1 amide bonds. The van der Waals surface area contributed by atoms with Crippen molar-refractivity contribution in [3.8, 4) is 21.6 Å². The molecule has 4 aromatic rings. The average Bonchev–Trinajstić information content (AvgIpc) is 3.52. The highest BCUT2D eigenvalue weighted by Gasteiger charge is 2.29. The molecule has 1 fully saturated rings. The summed E-state index contributed by atoms with van der Waals surface area (Å²) in [5, 5.41) is 12.5. The van der Waals surface area contributed by atoms with Crippen molar-refractivity contribution < 1.29 is 18.3 Å². The van der Waals surface area contributed by atoms with Crippen molar-refractivity contribution in [2.45, 2.75) is 68.8 Å². The second-order valence-electron chi connectivity index (χ2n) is 10.7. The number of nitrogens with zero attached hydrogens (tertiary/aromatic N) is 2. The zero-order valence-corrected chi connectivity index (χ0v) is 23.8. The van der Waals surface area contributed by atoms with Gasteiger partial charge in [-0.3, -0.25) is 0 Å². The van der Waals surface area contributed by atoms with Gasteiger partial charge in [0, 0.05) is 29.3 Å². The summed E-state index contributed by atoms with van der Waals surface area (Å²) in [4.78, 5) is 21.0. The van der Waals surface area contributed by atoms with E-state index in [1.165, 1.54) is 11.3 Å². The van der Waals surface area contributed by atoms with E-state index in [4.69, 9.17) is 5.11 Å². The Hall–Kier alpha value is -2.86. The smallest absolute Gasteiger partial charge is 0.404 e. The van der Waals surface area contributed by atoms with E-state index < -0.39 is 21.7 Å². The maximum atomic E-state index is 13.6. The Balaban J connectivity index is 1.50. The van der Waals surface area contributed by atoms with Gasteiger partial charge in [0.2, 0.25) is 10.0 Å². The number of amides is 1. The Kier molecular flexibility index (Phi) is 7.29. The topological polar surface area (TPSA) is 121 Å². The van der Waals surface area contributed by atoms with Gasteiger partial charge in [-0.05, 0) is 75.8 Å². The van der Waals surface area contributed by atoms with Crippen LogP contribution in [-0.4, -0.2) is 41.2 Å². The standard InChI is InChI=1S/C27H30N4O4S3/c1-27(2,3)31-38(34,35)24-13-18(17-7-11-21-22(12-17)36-15-29-21)6-10-20(24)23-14-28-25(37-23)16-4-8-19(9-5-16)30-26(32)33/h6-7,10-16,19,30-31H,4-5,8-9H2,1-3H3,(H,32,33). The van der Waals surface area contributed by atoms with Crippen molar-refractivity contribution >= 4 is 49.0 Å². The maximum absolute atomic E-state index is 13.6. The van der Waals surface area contributed by atoms with Gasteiger partial charge >= 0.3 is 6.09 Å². The molecule has 2 heterocycles. The van der Waals surface area contributed by atoms with Gasteiger partial charge < -0.3 is 10.4 Å². The van der Waals surface area contributed by atoms with Gasteiger partial charge in [-0.25, -0.2) is 27.9 Å². The van der Waals surface area contributed by atoms with Crippen molar-refractivity contribution in [2.24, 2.45) is 0 Å². The van der Waals surface area contributed by atoms with E-state index in [2.05, 4.69) is 20.0 Å². The summed E-state index contributed by atoms with van der Waals surface area (Å²) in [5.74, 6) is 0.235. The normalized spacial score (nSPS) is 18.5. The van der Waals surface area contributed by atoms with Crippen LogP contribution in [0.25, 0.3) is 31.8 Å². The predicted molar refractivity (Wildman–Crippen MR) is 152 cm³/mol. The molecule has 2 aromatic carbocycles. The van der Waals surface area contributed by atoms with Crippen LogP contribution in [0.5, 0.6) is 0 Å². The monoisotopic (exact) mass is 570 g/mol. The van der Waals surface area contributed by atoms with Crippen molar-refractivity contribution in [1.29, 1.82) is 0 Å². The molecule has 0 aliphatic heterocycles. The summed E-state index contributed by atoms with van der Waals surface area (Å²) in [5.41, 5.74) is 4.44. The minimum Gasteiger partial charge on any atom is -0.465 e. The van der Waals surface area contributed by atoms with Crippen LogP contribution >= 0.6 is 22.7 Å². The molecule has 0 spiro atoms. The number of fused-ring (bicyclic) bond motifs is 1. The third kappa shape index (κ3) is 5.90. The number of hydrogen-bond donors (Lipinski definition) is 3. The number of sulfonamides is 1. The lowest BCUT2D eigenvalue weighted by atomic mass is 9.86. The van der Waals surface area contributed by atoms with Gasteiger partial charge in [-0.1, -0.05) is 18.2 Å². The quantitative estimate of drug-likeness (QED) is 0.245. The van der Waals surface area contributed by atoms with Gasteiger partial charge in [0.25, 0.3) is 0 Å². The fraction of sp³-hybridized carbons (Fsp3) is 0.370. The van der Waals surface area contributed by atoms with Gasteiger partial charge in [0.15, 0.2) is 0 Å². The molecule has 1 aliphatic carbocycles. The van der Waals surface area contributed by atoms with Gasteiger partial charge in [-0.15, -0.1) is 22.7 Å². The van der Waals surface area contributed by atoms with E-state index >= 15 is 0 Å². The van der Waals surface area contributed by atoms with Crippen LogP contribution in [0.4, 0.5) is 4.79 Å². The number of nitrogens with one attached hydrogen (secondary N) is 2. The number of thiazole rings is 2. The SMILES string of the molecule is CC(C)(C)NS(=O)(=O)c1cc(-c2ccc3ncsc3c2)ccc1-c1cnc(C2CCC(NC(=O)O)CC2)s1. The Labute approximate surface area is 230 Å². The maximum Gasteiger partial charge on any atom is 0.404 e. The highest BCUT2D eigenvalue weighted by molar-refractivity contribution is 7.89. The number of carbonyl (C=O) groups is 1. The molecule has 8 nitrogen and oxygen atoms in total. The lowest BCUT2D eigenvalue weighted by Crippen LogP contribution is -2.40. The third-order valence-electron chi connectivity index (χ3n) is 6.57.